The van der Waals surface area contributed by atoms with Crippen molar-refractivity contribution in [3.8, 4) is 0 Å². The van der Waals surface area contributed by atoms with Crippen LogP contribution in [0.25, 0.3) is 11.0 Å². The van der Waals surface area contributed by atoms with E-state index in [0.717, 1.165) is 11.4 Å². The summed E-state index contributed by atoms with van der Waals surface area (Å²) in [5.41, 5.74) is 6.60. The fourth-order valence-electron chi connectivity index (χ4n) is 1.43. The van der Waals surface area contributed by atoms with Crippen LogP contribution < -0.4 is 5.73 Å². The van der Waals surface area contributed by atoms with E-state index < -0.39 is 0 Å². The summed E-state index contributed by atoms with van der Waals surface area (Å²) in [5.74, 6) is 0. The molecule has 94 valence electrons. The SMILES string of the molecule is CCCCCCN.On1nnc2ccccc21. The van der Waals surface area contributed by atoms with Gasteiger partial charge in [-0.15, -0.1) is 5.10 Å². The van der Waals surface area contributed by atoms with Crippen LogP contribution in [0.15, 0.2) is 24.3 Å². The lowest BCUT2D eigenvalue weighted by Gasteiger charge is -1.90. The Morgan fingerprint density at radius 3 is 2.65 bits per heavy atom. The molecule has 1 heterocycles. The molecular weight excluding hydrogens is 216 g/mol. The van der Waals surface area contributed by atoms with Crippen LogP contribution in [-0.2, 0) is 0 Å². The van der Waals surface area contributed by atoms with Crippen molar-refractivity contribution in [1.29, 1.82) is 0 Å². The molecule has 0 atom stereocenters. The average Bonchev–Trinajstić information content (AvgIpc) is 2.74. The summed E-state index contributed by atoms with van der Waals surface area (Å²) in [5, 5.41) is 16.1. The minimum absolute atomic E-state index is 0.627. The van der Waals surface area contributed by atoms with Crippen LogP contribution in [0.4, 0.5) is 0 Å². The lowest BCUT2D eigenvalue weighted by Crippen LogP contribution is -1.97. The average molecular weight is 236 g/mol. The molecule has 5 nitrogen and oxygen atoms in total. The summed E-state index contributed by atoms with van der Waals surface area (Å²) in [6.07, 6.45) is 5.16. The summed E-state index contributed by atoms with van der Waals surface area (Å²) in [4.78, 5) is 0.759. The summed E-state index contributed by atoms with van der Waals surface area (Å²) in [6.45, 7) is 3.07. The highest BCUT2D eigenvalue weighted by molar-refractivity contribution is 5.73. The molecule has 0 aliphatic rings. The minimum Gasteiger partial charge on any atom is -0.410 e. The van der Waals surface area contributed by atoms with Gasteiger partial charge >= 0.3 is 0 Å². The number of nitrogens with zero attached hydrogens (tertiary/aromatic N) is 3. The van der Waals surface area contributed by atoms with Crippen LogP contribution in [0.1, 0.15) is 32.6 Å². The number of unbranched alkanes of at least 4 members (excludes halogenated alkanes) is 3. The summed E-state index contributed by atoms with van der Waals surface area (Å²) in [6, 6.07) is 7.19. The van der Waals surface area contributed by atoms with Gasteiger partial charge in [0.1, 0.15) is 11.0 Å². The second-order valence-corrected chi connectivity index (χ2v) is 3.82. The second kappa shape index (κ2) is 7.62. The van der Waals surface area contributed by atoms with E-state index in [1.165, 1.54) is 25.7 Å². The van der Waals surface area contributed by atoms with Crippen molar-refractivity contribution in [2.75, 3.05) is 6.54 Å². The molecule has 0 bridgehead atoms. The topological polar surface area (TPSA) is 77.0 Å². The molecule has 17 heavy (non-hydrogen) atoms. The van der Waals surface area contributed by atoms with Gasteiger partial charge in [-0.05, 0) is 30.3 Å². The van der Waals surface area contributed by atoms with Crippen molar-refractivity contribution in [3.05, 3.63) is 24.3 Å². The van der Waals surface area contributed by atoms with Crippen LogP contribution in [0.2, 0.25) is 0 Å². The Kier molecular flexibility index (Phi) is 6.03. The van der Waals surface area contributed by atoms with Crippen LogP contribution >= 0.6 is 0 Å². The second-order valence-electron chi connectivity index (χ2n) is 3.82. The first kappa shape index (κ1) is 13.4. The van der Waals surface area contributed by atoms with Crippen molar-refractivity contribution >= 4 is 11.0 Å². The molecule has 1 aromatic carbocycles. The van der Waals surface area contributed by atoms with Crippen LogP contribution in [0.3, 0.4) is 0 Å². The van der Waals surface area contributed by atoms with Gasteiger partial charge in [0, 0.05) is 0 Å². The quantitative estimate of drug-likeness (QED) is 0.630. The van der Waals surface area contributed by atoms with E-state index in [4.69, 9.17) is 10.9 Å². The summed E-state index contributed by atoms with van der Waals surface area (Å²) >= 11 is 0. The predicted molar refractivity (Wildman–Crippen MR) is 67.9 cm³/mol. The van der Waals surface area contributed by atoms with Crippen LogP contribution in [0, 0.1) is 0 Å². The molecule has 3 N–H and O–H groups in total. The zero-order valence-corrected chi connectivity index (χ0v) is 10.2. The van der Waals surface area contributed by atoms with Gasteiger partial charge < -0.3 is 10.9 Å². The predicted octanol–water partition coefficient (Wildman–Crippen LogP) is 2.19. The molecule has 2 aromatic rings. The van der Waals surface area contributed by atoms with Gasteiger partial charge in [0.2, 0.25) is 0 Å². The van der Waals surface area contributed by atoms with E-state index in [2.05, 4.69) is 17.2 Å². The Hall–Kier alpha value is -1.62. The number of para-hydroxylation sites is 1. The first-order valence-electron chi connectivity index (χ1n) is 5.99. The van der Waals surface area contributed by atoms with Crippen LogP contribution in [0.5, 0.6) is 0 Å². The normalized spacial score (nSPS) is 10.0. The number of benzene rings is 1. The molecular formula is C12H20N4O. The molecule has 5 heteroatoms. The molecule has 2 rings (SSSR count). The maximum atomic E-state index is 8.95. The zero-order valence-electron chi connectivity index (χ0n) is 10.2. The number of nitrogens with two attached hydrogens (primary N) is 1. The first-order valence-corrected chi connectivity index (χ1v) is 5.99. The number of aromatic nitrogens is 3. The fraction of sp³-hybridized carbons (Fsp3) is 0.500. The lowest BCUT2D eigenvalue weighted by molar-refractivity contribution is 0.155. The molecule has 0 unspecified atom stereocenters. The molecule has 0 aliphatic heterocycles. The number of hydrogen-bond acceptors (Lipinski definition) is 4. The molecule has 0 amide bonds. The van der Waals surface area contributed by atoms with E-state index in [9.17, 15) is 0 Å². The molecule has 1 aromatic heterocycles. The Labute approximate surface area is 101 Å². The highest BCUT2D eigenvalue weighted by Crippen LogP contribution is 2.06. The number of fused-ring (bicyclic) bond motifs is 1. The third-order valence-electron chi connectivity index (χ3n) is 2.39. The minimum atomic E-state index is 0.627. The molecule has 0 fully saturated rings. The summed E-state index contributed by atoms with van der Waals surface area (Å²) in [7, 11) is 0. The third kappa shape index (κ3) is 4.40. The van der Waals surface area contributed by atoms with Gasteiger partial charge in [-0.3, -0.25) is 0 Å². The van der Waals surface area contributed by atoms with Crippen molar-refractivity contribution in [1.82, 2.24) is 15.2 Å². The molecule has 0 radical (unpaired) electrons. The molecule has 0 saturated heterocycles. The maximum absolute atomic E-state index is 8.95. The van der Waals surface area contributed by atoms with Gasteiger partial charge in [-0.25, -0.2) is 0 Å². The standard InChI is InChI=1S/C6H5N3O.C6H15N/c10-9-6-4-2-1-3-5(6)7-8-9;1-2-3-4-5-6-7/h1-4,10H;2-7H2,1H3. The molecule has 0 spiro atoms. The smallest absolute Gasteiger partial charge is 0.130 e. The fourth-order valence-corrected chi connectivity index (χ4v) is 1.43. The van der Waals surface area contributed by atoms with Gasteiger partial charge in [-0.2, -0.15) is 0 Å². The largest absolute Gasteiger partial charge is 0.410 e. The first-order chi connectivity index (χ1) is 8.29. The van der Waals surface area contributed by atoms with E-state index in [0.29, 0.717) is 11.0 Å². The maximum Gasteiger partial charge on any atom is 0.130 e. The Balaban J connectivity index is 0.000000185. The van der Waals surface area contributed by atoms with Gasteiger partial charge in [0.15, 0.2) is 0 Å². The Morgan fingerprint density at radius 1 is 1.24 bits per heavy atom. The van der Waals surface area contributed by atoms with E-state index in [1.807, 2.05) is 12.1 Å². The highest BCUT2D eigenvalue weighted by atomic mass is 16.5. The van der Waals surface area contributed by atoms with Crippen LogP contribution in [-0.4, -0.2) is 26.9 Å². The van der Waals surface area contributed by atoms with Crippen molar-refractivity contribution in [2.45, 2.75) is 32.6 Å². The number of hydrogen-bond donors (Lipinski definition) is 2. The molecule has 0 aliphatic carbocycles. The molecule has 0 saturated carbocycles. The Morgan fingerprint density at radius 2 is 2.00 bits per heavy atom. The monoisotopic (exact) mass is 236 g/mol. The summed E-state index contributed by atoms with van der Waals surface area (Å²) < 4.78 is 0. The number of rotatable bonds is 4. The van der Waals surface area contributed by atoms with Gasteiger partial charge in [0.25, 0.3) is 0 Å². The van der Waals surface area contributed by atoms with E-state index in [1.54, 1.807) is 12.1 Å². The van der Waals surface area contributed by atoms with Crippen molar-refractivity contribution in [2.24, 2.45) is 5.73 Å². The van der Waals surface area contributed by atoms with E-state index >= 15 is 0 Å². The van der Waals surface area contributed by atoms with Gasteiger partial charge in [-0.1, -0.05) is 43.2 Å². The van der Waals surface area contributed by atoms with Gasteiger partial charge in [0.05, 0.1) is 0 Å². The third-order valence-corrected chi connectivity index (χ3v) is 2.39. The van der Waals surface area contributed by atoms with Crippen molar-refractivity contribution in [3.63, 3.8) is 0 Å². The van der Waals surface area contributed by atoms with E-state index in [-0.39, 0.29) is 0 Å². The van der Waals surface area contributed by atoms with Crippen molar-refractivity contribution < 1.29 is 5.21 Å². The highest BCUT2D eigenvalue weighted by Gasteiger charge is 1.98. The lowest BCUT2D eigenvalue weighted by atomic mass is 10.2. The Bertz CT molecular complexity index is 423. The zero-order chi connectivity index (χ0) is 12.5.